The average Bonchev–Trinajstić information content (AvgIpc) is 2.81. The zero-order valence-electron chi connectivity index (χ0n) is 19.4. The Morgan fingerprint density at radius 3 is 2.72 bits per heavy atom. The predicted octanol–water partition coefficient (Wildman–Crippen LogP) is 4.40. The molecular formula is C26H32N4O2. The van der Waals surface area contributed by atoms with Crippen LogP contribution in [0.2, 0.25) is 0 Å². The molecule has 4 rings (SSSR count). The minimum Gasteiger partial charge on any atom is -0.497 e. The second-order valence-corrected chi connectivity index (χ2v) is 9.11. The van der Waals surface area contributed by atoms with Gasteiger partial charge in [-0.15, -0.1) is 0 Å². The van der Waals surface area contributed by atoms with Crippen molar-refractivity contribution >= 4 is 11.7 Å². The highest BCUT2D eigenvalue weighted by Gasteiger charge is 2.54. The number of hydrogen-bond acceptors (Lipinski definition) is 4. The Balaban J connectivity index is 1.71. The van der Waals surface area contributed by atoms with Gasteiger partial charge in [0.1, 0.15) is 5.75 Å². The van der Waals surface area contributed by atoms with Crippen LogP contribution in [0.25, 0.3) is 0 Å². The maximum Gasteiger partial charge on any atom is 0.321 e. The van der Waals surface area contributed by atoms with Gasteiger partial charge in [0.25, 0.3) is 0 Å². The Morgan fingerprint density at radius 1 is 1.31 bits per heavy atom. The number of likely N-dealkylation sites (N-methyl/N-ethyl adjacent to an activating group) is 2. The lowest BCUT2D eigenvalue weighted by molar-refractivity contribution is 0.00872. The Labute approximate surface area is 190 Å². The number of likely N-dealkylation sites (tertiary alicyclic amines) is 1. The number of methoxy groups -OCH3 is 1. The first-order valence-electron chi connectivity index (χ1n) is 11.3. The molecule has 32 heavy (non-hydrogen) atoms. The molecule has 2 aromatic carbocycles. The van der Waals surface area contributed by atoms with Gasteiger partial charge >= 0.3 is 6.03 Å². The smallest absolute Gasteiger partial charge is 0.321 e. The van der Waals surface area contributed by atoms with Crippen LogP contribution in [-0.2, 0) is 11.8 Å². The molecule has 6 nitrogen and oxygen atoms in total. The zero-order valence-corrected chi connectivity index (χ0v) is 19.4. The summed E-state index contributed by atoms with van der Waals surface area (Å²) in [5.74, 6) is 0.875. The summed E-state index contributed by atoms with van der Waals surface area (Å²) < 4.78 is 5.58. The largest absolute Gasteiger partial charge is 0.497 e. The first kappa shape index (κ1) is 22.2. The van der Waals surface area contributed by atoms with Crippen LogP contribution < -0.4 is 10.1 Å². The van der Waals surface area contributed by atoms with Gasteiger partial charge < -0.3 is 19.9 Å². The molecular weight excluding hydrogens is 400 g/mol. The number of benzene rings is 2. The van der Waals surface area contributed by atoms with Gasteiger partial charge in [-0.05, 0) is 80.4 Å². The van der Waals surface area contributed by atoms with E-state index in [1.807, 2.05) is 11.9 Å². The Morgan fingerprint density at radius 2 is 2.06 bits per heavy atom. The summed E-state index contributed by atoms with van der Waals surface area (Å²) in [6.45, 7) is 3.24. The standard InChI is InChI=1S/C26H32N4O2/c1-5-12-26-13-14-29(2)23(15-19-8-11-21(32-4)16-22(19)26)24(26)30(3)25(31)28-20-9-6-18(17-27)7-10-20/h6-11,16,23-24H,5,12-15H2,1-4H3,(H,28,31)/t23?,24-,26+/m0/s1. The highest BCUT2D eigenvalue weighted by Crippen LogP contribution is 2.50. The van der Waals surface area contributed by atoms with Gasteiger partial charge in [-0.1, -0.05) is 19.4 Å². The molecule has 3 atom stereocenters. The van der Waals surface area contributed by atoms with E-state index in [1.54, 1.807) is 31.4 Å². The molecule has 0 spiro atoms. The molecule has 6 heteroatoms. The lowest BCUT2D eigenvalue weighted by atomic mass is 9.58. The third kappa shape index (κ3) is 3.71. The third-order valence-corrected chi connectivity index (χ3v) is 7.39. The SMILES string of the molecule is CCC[C@@]12CCN(C)C(Cc3ccc(OC)cc31)[C@@H]2N(C)C(=O)Nc1ccc(C#N)cc1. The Bertz CT molecular complexity index is 1030. The summed E-state index contributed by atoms with van der Waals surface area (Å²) >= 11 is 0. The molecule has 2 aliphatic rings. The van der Waals surface area contributed by atoms with Gasteiger partial charge in [-0.25, -0.2) is 4.79 Å². The van der Waals surface area contributed by atoms with E-state index in [9.17, 15) is 4.79 Å². The van der Waals surface area contributed by atoms with Crippen LogP contribution in [0.1, 0.15) is 42.9 Å². The van der Waals surface area contributed by atoms with Crippen LogP contribution >= 0.6 is 0 Å². The Kier molecular flexibility index (Phi) is 6.12. The highest BCUT2D eigenvalue weighted by molar-refractivity contribution is 5.89. The molecule has 1 N–H and O–H groups in total. The number of piperidine rings is 1. The fourth-order valence-corrected chi connectivity index (χ4v) is 5.86. The van der Waals surface area contributed by atoms with E-state index in [-0.39, 0.29) is 23.5 Å². The van der Waals surface area contributed by atoms with Crippen molar-refractivity contribution in [3.05, 3.63) is 59.2 Å². The molecule has 0 saturated carbocycles. The second kappa shape index (κ2) is 8.84. The molecule has 1 heterocycles. The highest BCUT2D eigenvalue weighted by atomic mass is 16.5. The molecule has 1 unspecified atom stereocenters. The number of nitrogens with one attached hydrogen (secondary N) is 1. The van der Waals surface area contributed by atoms with Gasteiger partial charge in [-0.2, -0.15) is 5.26 Å². The molecule has 1 aliphatic carbocycles. The zero-order chi connectivity index (χ0) is 22.9. The number of carbonyl (C=O) groups excluding carboxylic acids is 1. The monoisotopic (exact) mass is 432 g/mol. The van der Waals surface area contributed by atoms with Crippen LogP contribution in [0, 0.1) is 11.3 Å². The molecule has 2 bridgehead atoms. The lowest BCUT2D eigenvalue weighted by Crippen LogP contribution is -2.68. The molecule has 168 valence electrons. The summed E-state index contributed by atoms with van der Waals surface area (Å²) in [5.41, 5.74) is 3.87. The topological polar surface area (TPSA) is 68.6 Å². The number of ether oxygens (including phenoxy) is 1. The quantitative estimate of drug-likeness (QED) is 0.761. The van der Waals surface area contributed by atoms with Gasteiger partial charge in [0.2, 0.25) is 0 Å². The summed E-state index contributed by atoms with van der Waals surface area (Å²) in [5, 5.41) is 12.1. The number of nitriles is 1. The number of amides is 2. The van der Waals surface area contributed by atoms with E-state index < -0.39 is 0 Å². The van der Waals surface area contributed by atoms with Crippen molar-refractivity contribution in [2.45, 2.75) is 50.1 Å². The minimum absolute atomic E-state index is 0.0548. The summed E-state index contributed by atoms with van der Waals surface area (Å²) in [4.78, 5) is 17.7. The van der Waals surface area contributed by atoms with Crippen LogP contribution in [0.3, 0.4) is 0 Å². The molecule has 0 aromatic heterocycles. The molecule has 0 radical (unpaired) electrons. The van der Waals surface area contributed by atoms with Gasteiger partial charge in [0.15, 0.2) is 0 Å². The maximum atomic E-state index is 13.4. The normalized spacial score (nSPS) is 24.2. The van der Waals surface area contributed by atoms with Crippen molar-refractivity contribution in [2.24, 2.45) is 0 Å². The third-order valence-electron chi connectivity index (χ3n) is 7.39. The number of nitrogens with zero attached hydrogens (tertiary/aromatic N) is 3. The fraction of sp³-hybridized carbons (Fsp3) is 0.462. The van der Waals surface area contributed by atoms with E-state index in [0.717, 1.165) is 38.0 Å². The van der Waals surface area contributed by atoms with E-state index in [0.29, 0.717) is 11.3 Å². The van der Waals surface area contributed by atoms with Gasteiger partial charge in [0, 0.05) is 24.2 Å². The van der Waals surface area contributed by atoms with Crippen LogP contribution in [0.5, 0.6) is 5.75 Å². The number of urea groups is 1. The van der Waals surface area contributed by atoms with Crippen molar-refractivity contribution in [3.8, 4) is 11.8 Å². The predicted molar refractivity (Wildman–Crippen MR) is 126 cm³/mol. The van der Waals surface area contributed by atoms with Crippen LogP contribution in [0.4, 0.5) is 10.5 Å². The lowest BCUT2D eigenvalue weighted by Gasteiger charge is -2.58. The maximum absolute atomic E-state index is 13.4. The molecule has 2 amide bonds. The van der Waals surface area contributed by atoms with E-state index in [1.165, 1.54) is 11.1 Å². The summed E-state index contributed by atoms with van der Waals surface area (Å²) in [6.07, 6.45) is 4.00. The number of rotatable bonds is 5. The van der Waals surface area contributed by atoms with Crippen molar-refractivity contribution in [1.29, 1.82) is 5.26 Å². The fourth-order valence-electron chi connectivity index (χ4n) is 5.86. The first-order valence-corrected chi connectivity index (χ1v) is 11.3. The Hall–Kier alpha value is -3.04. The average molecular weight is 433 g/mol. The second-order valence-electron chi connectivity index (χ2n) is 9.11. The van der Waals surface area contributed by atoms with Crippen molar-refractivity contribution in [2.75, 3.05) is 33.1 Å². The van der Waals surface area contributed by atoms with E-state index >= 15 is 0 Å². The summed E-state index contributed by atoms with van der Waals surface area (Å²) in [7, 11) is 5.81. The number of carbonyl (C=O) groups is 1. The van der Waals surface area contributed by atoms with Crippen molar-refractivity contribution in [1.82, 2.24) is 9.80 Å². The van der Waals surface area contributed by atoms with Crippen LogP contribution in [-0.4, -0.2) is 55.7 Å². The number of hydrogen-bond donors (Lipinski definition) is 1. The van der Waals surface area contributed by atoms with Gasteiger partial charge in [-0.3, -0.25) is 0 Å². The number of fused-ring (bicyclic) bond motifs is 4. The first-order chi connectivity index (χ1) is 15.4. The number of anilines is 1. The van der Waals surface area contributed by atoms with Crippen molar-refractivity contribution in [3.63, 3.8) is 0 Å². The summed E-state index contributed by atoms with van der Waals surface area (Å²) in [6, 6.07) is 15.8. The van der Waals surface area contributed by atoms with Crippen LogP contribution in [0.15, 0.2) is 42.5 Å². The molecule has 1 fully saturated rings. The van der Waals surface area contributed by atoms with E-state index in [2.05, 4.69) is 48.5 Å². The molecule has 1 aliphatic heterocycles. The van der Waals surface area contributed by atoms with Crippen molar-refractivity contribution < 1.29 is 9.53 Å². The van der Waals surface area contributed by atoms with Gasteiger partial charge in [0.05, 0.1) is 24.8 Å². The minimum atomic E-state index is -0.119. The molecule has 1 saturated heterocycles. The molecule has 2 aromatic rings. The van der Waals surface area contributed by atoms with E-state index in [4.69, 9.17) is 10.00 Å².